The molecule has 0 aliphatic heterocycles. The molecule has 5 N–H and O–H groups in total. The van der Waals surface area contributed by atoms with Gasteiger partial charge in [-0.2, -0.15) is 0 Å². The SMILES string of the molecule is Nc1ncc(CN[C@@H](Cc2c[nH]c3ccccc23)C(=O)O)cn1. The summed E-state index contributed by atoms with van der Waals surface area (Å²) in [4.78, 5) is 22.5. The van der Waals surface area contributed by atoms with Gasteiger partial charge in [0.05, 0.1) is 0 Å². The molecule has 0 saturated heterocycles. The molecule has 0 amide bonds. The van der Waals surface area contributed by atoms with Crippen molar-refractivity contribution in [1.82, 2.24) is 20.3 Å². The molecule has 2 heterocycles. The Morgan fingerprint density at radius 3 is 2.78 bits per heavy atom. The van der Waals surface area contributed by atoms with Crippen molar-refractivity contribution >= 4 is 22.8 Å². The van der Waals surface area contributed by atoms with E-state index < -0.39 is 12.0 Å². The second kappa shape index (κ2) is 6.45. The van der Waals surface area contributed by atoms with Crippen molar-refractivity contribution in [2.45, 2.75) is 19.0 Å². The summed E-state index contributed by atoms with van der Waals surface area (Å²) in [7, 11) is 0. The number of carboxylic acids is 1. The second-order valence-corrected chi connectivity index (χ2v) is 5.28. The quantitative estimate of drug-likeness (QED) is 0.545. The highest BCUT2D eigenvalue weighted by atomic mass is 16.4. The highest BCUT2D eigenvalue weighted by molar-refractivity contribution is 5.84. The molecule has 0 unspecified atom stereocenters. The van der Waals surface area contributed by atoms with Crippen molar-refractivity contribution in [2.24, 2.45) is 0 Å². The number of carboxylic acid groups (broad SMARTS) is 1. The molecule has 0 saturated carbocycles. The molecule has 23 heavy (non-hydrogen) atoms. The fourth-order valence-corrected chi connectivity index (χ4v) is 2.46. The maximum atomic E-state index is 11.5. The van der Waals surface area contributed by atoms with Crippen LogP contribution in [0.2, 0.25) is 0 Å². The number of para-hydroxylation sites is 1. The van der Waals surface area contributed by atoms with Gasteiger partial charge in [-0.1, -0.05) is 18.2 Å². The predicted octanol–water partition coefficient (Wildman–Crippen LogP) is 1.33. The van der Waals surface area contributed by atoms with E-state index in [4.69, 9.17) is 5.73 Å². The molecule has 0 spiro atoms. The van der Waals surface area contributed by atoms with E-state index in [0.717, 1.165) is 22.0 Å². The number of hydrogen-bond donors (Lipinski definition) is 4. The number of nitrogens with one attached hydrogen (secondary N) is 2. The lowest BCUT2D eigenvalue weighted by molar-refractivity contribution is -0.139. The highest BCUT2D eigenvalue weighted by Gasteiger charge is 2.19. The maximum absolute atomic E-state index is 11.5. The molecule has 0 aliphatic rings. The van der Waals surface area contributed by atoms with Crippen LogP contribution in [0.1, 0.15) is 11.1 Å². The molecule has 7 heteroatoms. The van der Waals surface area contributed by atoms with Gasteiger partial charge in [-0.15, -0.1) is 0 Å². The Labute approximate surface area is 132 Å². The monoisotopic (exact) mass is 311 g/mol. The minimum absolute atomic E-state index is 0.197. The Bertz CT molecular complexity index is 813. The van der Waals surface area contributed by atoms with Crippen LogP contribution in [0.25, 0.3) is 10.9 Å². The summed E-state index contributed by atoms with van der Waals surface area (Å²) < 4.78 is 0. The van der Waals surface area contributed by atoms with Crippen LogP contribution in [0, 0.1) is 0 Å². The smallest absolute Gasteiger partial charge is 0.321 e. The molecular weight excluding hydrogens is 294 g/mol. The van der Waals surface area contributed by atoms with Crippen LogP contribution in [0.3, 0.4) is 0 Å². The number of carbonyl (C=O) groups is 1. The Morgan fingerprint density at radius 1 is 1.30 bits per heavy atom. The van der Waals surface area contributed by atoms with E-state index in [-0.39, 0.29) is 5.95 Å². The number of benzene rings is 1. The highest BCUT2D eigenvalue weighted by Crippen LogP contribution is 2.19. The first-order chi connectivity index (χ1) is 11.1. The zero-order valence-electron chi connectivity index (χ0n) is 12.4. The number of fused-ring (bicyclic) bond motifs is 1. The topological polar surface area (TPSA) is 117 Å². The predicted molar refractivity (Wildman–Crippen MR) is 86.7 cm³/mol. The number of aromatic nitrogens is 3. The van der Waals surface area contributed by atoms with Gasteiger partial charge >= 0.3 is 5.97 Å². The van der Waals surface area contributed by atoms with Crippen LogP contribution in [0.5, 0.6) is 0 Å². The fourth-order valence-electron chi connectivity index (χ4n) is 2.46. The first-order valence-electron chi connectivity index (χ1n) is 7.21. The van der Waals surface area contributed by atoms with Gasteiger partial charge in [-0.3, -0.25) is 10.1 Å². The van der Waals surface area contributed by atoms with E-state index in [1.165, 1.54) is 0 Å². The number of hydrogen-bond acceptors (Lipinski definition) is 5. The average molecular weight is 311 g/mol. The molecule has 1 atom stereocenters. The van der Waals surface area contributed by atoms with E-state index in [1.54, 1.807) is 12.4 Å². The minimum Gasteiger partial charge on any atom is -0.480 e. The fraction of sp³-hybridized carbons (Fsp3) is 0.188. The number of nitrogen functional groups attached to an aromatic ring is 1. The van der Waals surface area contributed by atoms with Crippen LogP contribution in [-0.4, -0.2) is 32.1 Å². The largest absolute Gasteiger partial charge is 0.480 e. The van der Waals surface area contributed by atoms with E-state index in [9.17, 15) is 9.90 Å². The summed E-state index contributed by atoms with van der Waals surface area (Å²) in [5, 5.41) is 13.5. The minimum atomic E-state index is -0.897. The zero-order chi connectivity index (χ0) is 16.2. The van der Waals surface area contributed by atoms with Crippen molar-refractivity contribution in [3.05, 3.63) is 54.0 Å². The average Bonchev–Trinajstić information content (AvgIpc) is 2.96. The summed E-state index contributed by atoms with van der Waals surface area (Å²) in [6.07, 6.45) is 5.41. The summed E-state index contributed by atoms with van der Waals surface area (Å²) >= 11 is 0. The number of nitrogens with zero attached hydrogens (tertiary/aromatic N) is 2. The van der Waals surface area contributed by atoms with Crippen LogP contribution in [0.4, 0.5) is 5.95 Å². The lowest BCUT2D eigenvalue weighted by Crippen LogP contribution is -2.38. The van der Waals surface area contributed by atoms with Crippen LogP contribution < -0.4 is 11.1 Å². The first-order valence-corrected chi connectivity index (χ1v) is 7.21. The third kappa shape index (κ3) is 3.46. The molecule has 3 aromatic rings. The van der Waals surface area contributed by atoms with Crippen LogP contribution in [0.15, 0.2) is 42.9 Å². The molecule has 118 valence electrons. The number of rotatable bonds is 6. The van der Waals surface area contributed by atoms with Gasteiger partial charge in [-0.25, -0.2) is 9.97 Å². The van der Waals surface area contributed by atoms with Gasteiger partial charge in [0, 0.05) is 48.0 Å². The van der Waals surface area contributed by atoms with Gasteiger partial charge in [0.1, 0.15) is 6.04 Å². The lowest BCUT2D eigenvalue weighted by atomic mass is 10.0. The van der Waals surface area contributed by atoms with E-state index in [2.05, 4.69) is 20.3 Å². The Balaban J connectivity index is 1.71. The van der Waals surface area contributed by atoms with Crippen LogP contribution >= 0.6 is 0 Å². The Kier molecular flexibility index (Phi) is 4.20. The Morgan fingerprint density at radius 2 is 2.04 bits per heavy atom. The summed E-state index contributed by atoms with van der Waals surface area (Å²) in [5.74, 6) is -0.700. The van der Waals surface area contributed by atoms with Crippen molar-refractivity contribution in [3.8, 4) is 0 Å². The summed E-state index contributed by atoms with van der Waals surface area (Å²) in [5.41, 5.74) is 8.18. The van der Waals surface area contributed by atoms with Gasteiger partial charge in [0.2, 0.25) is 5.95 Å². The van der Waals surface area contributed by atoms with Crippen molar-refractivity contribution in [1.29, 1.82) is 0 Å². The second-order valence-electron chi connectivity index (χ2n) is 5.28. The number of anilines is 1. The third-order valence-electron chi connectivity index (χ3n) is 3.67. The Hall–Kier alpha value is -2.93. The zero-order valence-corrected chi connectivity index (χ0v) is 12.4. The van der Waals surface area contributed by atoms with Gasteiger partial charge in [0.15, 0.2) is 0 Å². The molecule has 2 aromatic heterocycles. The normalized spacial score (nSPS) is 12.3. The van der Waals surface area contributed by atoms with Gasteiger partial charge < -0.3 is 15.8 Å². The van der Waals surface area contributed by atoms with Crippen LogP contribution in [-0.2, 0) is 17.8 Å². The number of aliphatic carboxylic acids is 1. The van der Waals surface area contributed by atoms with E-state index in [1.807, 2.05) is 30.5 Å². The molecule has 1 aromatic carbocycles. The number of H-pyrrole nitrogens is 1. The maximum Gasteiger partial charge on any atom is 0.321 e. The van der Waals surface area contributed by atoms with Gasteiger partial charge in [-0.05, 0) is 11.6 Å². The molecule has 0 radical (unpaired) electrons. The molecule has 7 nitrogen and oxygen atoms in total. The third-order valence-corrected chi connectivity index (χ3v) is 3.67. The lowest BCUT2D eigenvalue weighted by Gasteiger charge is -2.14. The van der Waals surface area contributed by atoms with E-state index in [0.29, 0.717) is 13.0 Å². The number of nitrogens with two attached hydrogens (primary N) is 1. The molecule has 0 fully saturated rings. The molecule has 0 aliphatic carbocycles. The van der Waals surface area contributed by atoms with Gasteiger partial charge in [0.25, 0.3) is 0 Å². The molecule has 3 rings (SSSR count). The van der Waals surface area contributed by atoms with Crippen molar-refractivity contribution in [3.63, 3.8) is 0 Å². The summed E-state index contributed by atoms with van der Waals surface area (Å²) in [6.45, 7) is 0.361. The standard InChI is InChI=1S/C16H17N5O2/c17-16-20-7-10(8-21-16)6-18-14(15(22)23)5-11-9-19-13-4-2-1-3-12(11)13/h1-4,7-9,14,18-19H,5-6H2,(H,22,23)(H2,17,20,21)/t14-/m0/s1. The van der Waals surface area contributed by atoms with Crippen molar-refractivity contribution < 1.29 is 9.90 Å². The first kappa shape index (κ1) is 15.0. The van der Waals surface area contributed by atoms with Crippen molar-refractivity contribution in [2.75, 3.05) is 5.73 Å². The molecule has 0 bridgehead atoms. The molecular formula is C16H17N5O2. The summed E-state index contributed by atoms with van der Waals surface area (Å²) in [6, 6.07) is 7.12. The van der Waals surface area contributed by atoms with E-state index >= 15 is 0 Å². The number of aromatic amines is 1.